The Labute approximate surface area is 88.3 Å². The average Bonchev–Trinajstić information content (AvgIpc) is 2.14. The van der Waals surface area contributed by atoms with Crippen molar-refractivity contribution in [3.05, 3.63) is 0 Å². The van der Waals surface area contributed by atoms with Crippen molar-refractivity contribution in [1.29, 1.82) is 0 Å². The maximum atomic E-state index is 11.4. The fourth-order valence-corrected chi connectivity index (χ4v) is 2.57. The molecular weight excluding hydrogens is 224 g/mol. The van der Waals surface area contributed by atoms with E-state index in [2.05, 4.69) is 0 Å². The number of ether oxygens (including phenoxy) is 1. The Morgan fingerprint density at radius 3 is 2.79 bits per heavy atom. The van der Waals surface area contributed by atoms with E-state index in [1.807, 2.05) is 0 Å². The van der Waals surface area contributed by atoms with Crippen LogP contribution in [-0.4, -0.2) is 50.4 Å². The molecule has 0 N–H and O–H groups in total. The molecular formula is C8H14O4S2. The molecule has 1 unspecified atom stereocenters. The lowest BCUT2D eigenvalue weighted by Gasteiger charge is -2.20. The van der Waals surface area contributed by atoms with Gasteiger partial charge in [0.15, 0.2) is 5.78 Å². The predicted molar refractivity (Wildman–Crippen MR) is 56.4 cm³/mol. The normalized spacial score (nSPS) is 23.4. The highest BCUT2D eigenvalue weighted by molar-refractivity contribution is 7.99. The summed E-state index contributed by atoms with van der Waals surface area (Å²) in [4.78, 5) is 11.4. The van der Waals surface area contributed by atoms with Gasteiger partial charge in [0.1, 0.15) is 15.9 Å². The zero-order chi connectivity index (χ0) is 10.6. The SMILES string of the molecule is CS(=O)(=O)CCC(=O)C1CSCCO1. The largest absolute Gasteiger partial charge is 0.369 e. The second-order valence-corrected chi connectivity index (χ2v) is 6.69. The number of rotatable bonds is 4. The molecule has 6 heteroatoms. The van der Waals surface area contributed by atoms with E-state index in [4.69, 9.17) is 4.74 Å². The number of ketones is 1. The topological polar surface area (TPSA) is 60.4 Å². The lowest BCUT2D eigenvalue weighted by molar-refractivity contribution is -0.128. The van der Waals surface area contributed by atoms with Gasteiger partial charge >= 0.3 is 0 Å². The minimum absolute atomic E-state index is 0.0731. The quantitative estimate of drug-likeness (QED) is 0.696. The van der Waals surface area contributed by atoms with E-state index in [1.54, 1.807) is 11.8 Å². The van der Waals surface area contributed by atoms with Gasteiger partial charge in [0, 0.05) is 24.2 Å². The van der Waals surface area contributed by atoms with Crippen LogP contribution in [-0.2, 0) is 19.4 Å². The number of Topliss-reactive ketones (excluding diaryl/α,β-unsaturated/α-hetero) is 1. The second kappa shape index (κ2) is 5.14. The van der Waals surface area contributed by atoms with Crippen LogP contribution < -0.4 is 0 Å². The van der Waals surface area contributed by atoms with Gasteiger partial charge in [-0.25, -0.2) is 8.42 Å². The zero-order valence-electron chi connectivity index (χ0n) is 8.06. The molecule has 14 heavy (non-hydrogen) atoms. The van der Waals surface area contributed by atoms with Crippen LogP contribution in [0.5, 0.6) is 0 Å². The molecule has 1 aliphatic heterocycles. The molecule has 1 aliphatic rings. The Balaban J connectivity index is 2.34. The van der Waals surface area contributed by atoms with Crippen LogP contribution in [0, 0.1) is 0 Å². The first-order valence-electron chi connectivity index (χ1n) is 4.39. The van der Waals surface area contributed by atoms with E-state index in [-0.39, 0.29) is 18.0 Å². The average molecular weight is 238 g/mol. The van der Waals surface area contributed by atoms with Gasteiger partial charge in [0.05, 0.1) is 12.4 Å². The number of carbonyl (C=O) groups excluding carboxylic acids is 1. The fourth-order valence-electron chi connectivity index (χ4n) is 1.12. The predicted octanol–water partition coefficient (Wildman–Crippen LogP) is 0.122. The van der Waals surface area contributed by atoms with Crippen molar-refractivity contribution in [2.24, 2.45) is 0 Å². The summed E-state index contributed by atoms with van der Waals surface area (Å²) < 4.78 is 26.9. The Bertz CT molecular complexity index is 290. The van der Waals surface area contributed by atoms with Crippen molar-refractivity contribution in [3.8, 4) is 0 Å². The maximum absolute atomic E-state index is 11.4. The first kappa shape index (κ1) is 12.0. The molecule has 1 rings (SSSR count). The minimum Gasteiger partial charge on any atom is -0.369 e. The van der Waals surface area contributed by atoms with Crippen LogP contribution in [0.3, 0.4) is 0 Å². The molecule has 1 heterocycles. The highest BCUT2D eigenvalue weighted by Crippen LogP contribution is 2.14. The van der Waals surface area contributed by atoms with Crippen molar-refractivity contribution in [1.82, 2.24) is 0 Å². The van der Waals surface area contributed by atoms with Gasteiger partial charge in [0.2, 0.25) is 0 Å². The summed E-state index contributed by atoms with van der Waals surface area (Å²) in [6, 6.07) is 0. The van der Waals surface area contributed by atoms with Gasteiger partial charge in [-0.15, -0.1) is 0 Å². The van der Waals surface area contributed by atoms with E-state index in [1.165, 1.54) is 0 Å². The molecule has 1 fully saturated rings. The minimum atomic E-state index is -3.04. The third-order valence-corrected chi connectivity index (χ3v) is 3.83. The van der Waals surface area contributed by atoms with Crippen LogP contribution in [0.25, 0.3) is 0 Å². The Kier molecular flexibility index (Phi) is 4.40. The van der Waals surface area contributed by atoms with Crippen molar-refractivity contribution >= 4 is 27.4 Å². The fraction of sp³-hybridized carbons (Fsp3) is 0.875. The molecule has 0 radical (unpaired) electrons. The highest BCUT2D eigenvalue weighted by Gasteiger charge is 2.22. The molecule has 4 nitrogen and oxygen atoms in total. The summed E-state index contributed by atoms with van der Waals surface area (Å²) in [7, 11) is -3.04. The molecule has 82 valence electrons. The van der Waals surface area contributed by atoms with Gasteiger partial charge in [-0.05, 0) is 0 Å². The van der Waals surface area contributed by atoms with E-state index in [9.17, 15) is 13.2 Å². The van der Waals surface area contributed by atoms with Crippen LogP contribution in [0.4, 0.5) is 0 Å². The molecule has 0 aromatic rings. The zero-order valence-corrected chi connectivity index (χ0v) is 9.70. The van der Waals surface area contributed by atoms with Crippen LogP contribution in [0.15, 0.2) is 0 Å². The van der Waals surface area contributed by atoms with Crippen molar-refractivity contribution in [2.45, 2.75) is 12.5 Å². The summed E-state index contributed by atoms with van der Waals surface area (Å²) in [5.41, 5.74) is 0. The first-order chi connectivity index (χ1) is 6.49. The molecule has 0 saturated carbocycles. The Hall–Kier alpha value is -0.0700. The van der Waals surface area contributed by atoms with Gasteiger partial charge < -0.3 is 4.74 Å². The van der Waals surface area contributed by atoms with Crippen molar-refractivity contribution in [3.63, 3.8) is 0 Å². The van der Waals surface area contributed by atoms with Gasteiger partial charge in [0.25, 0.3) is 0 Å². The number of hydrogen-bond donors (Lipinski definition) is 0. The van der Waals surface area contributed by atoms with Crippen LogP contribution >= 0.6 is 11.8 Å². The van der Waals surface area contributed by atoms with E-state index >= 15 is 0 Å². The monoisotopic (exact) mass is 238 g/mol. The van der Waals surface area contributed by atoms with Gasteiger partial charge in [-0.3, -0.25) is 4.79 Å². The van der Waals surface area contributed by atoms with E-state index in [0.29, 0.717) is 12.4 Å². The molecule has 0 amide bonds. The maximum Gasteiger partial charge on any atom is 0.163 e. The van der Waals surface area contributed by atoms with Crippen LogP contribution in [0.1, 0.15) is 6.42 Å². The molecule has 0 spiro atoms. The molecule has 0 bridgehead atoms. The number of thioether (sulfide) groups is 1. The van der Waals surface area contributed by atoms with Crippen molar-refractivity contribution in [2.75, 3.05) is 30.1 Å². The first-order valence-corrected chi connectivity index (χ1v) is 7.60. The molecule has 0 aliphatic carbocycles. The smallest absolute Gasteiger partial charge is 0.163 e. The molecule has 1 saturated heterocycles. The van der Waals surface area contributed by atoms with E-state index in [0.717, 1.165) is 12.0 Å². The van der Waals surface area contributed by atoms with E-state index < -0.39 is 15.9 Å². The summed E-state index contributed by atoms with van der Waals surface area (Å²) in [6.07, 6.45) is 0.816. The van der Waals surface area contributed by atoms with Gasteiger partial charge in [-0.1, -0.05) is 0 Å². The Morgan fingerprint density at radius 1 is 1.57 bits per heavy atom. The summed E-state index contributed by atoms with van der Waals surface area (Å²) in [5, 5.41) is 0. The molecule has 0 aromatic carbocycles. The third kappa shape index (κ3) is 4.43. The van der Waals surface area contributed by atoms with Gasteiger partial charge in [-0.2, -0.15) is 11.8 Å². The molecule has 1 atom stereocenters. The summed E-state index contributed by atoms with van der Waals surface area (Å²) >= 11 is 1.67. The number of hydrogen-bond acceptors (Lipinski definition) is 5. The Morgan fingerprint density at radius 2 is 2.29 bits per heavy atom. The standard InChI is InChI=1S/C8H14O4S2/c1-14(10,11)5-2-7(9)8-6-13-4-3-12-8/h8H,2-6H2,1H3. The summed E-state index contributed by atoms with van der Waals surface area (Å²) in [6.45, 7) is 0.583. The molecule has 0 aromatic heterocycles. The number of carbonyl (C=O) groups is 1. The lowest BCUT2D eigenvalue weighted by atomic mass is 10.2. The summed E-state index contributed by atoms with van der Waals surface area (Å²) in [5.74, 6) is 1.40. The van der Waals surface area contributed by atoms with Crippen molar-refractivity contribution < 1.29 is 17.9 Å². The lowest BCUT2D eigenvalue weighted by Crippen LogP contribution is -2.32. The van der Waals surface area contributed by atoms with Crippen LogP contribution in [0.2, 0.25) is 0 Å². The third-order valence-electron chi connectivity index (χ3n) is 1.89. The second-order valence-electron chi connectivity index (χ2n) is 3.28. The number of sulfone groups is 1. The highest BCUT2D eigenvalue weighted by atomic mass is 32.2.